The van der Waals surface area contributed by atoms with Crippen molar-refractivity contribution in [1.82, 2.24) is 9.88 Å². The summed E-state index contributed by atoms with van der Waals surface area (Å²) in [5.41, 5.74) is 0.995. The Morgan fingerprint density at radius 3 is 2.86 bits per heavy atom. The standard InChI is InChI=1S/C16H22N2O3/c1-12(2)21-15-6-4-5-14-13(15)7-9-18(14)11-16(19)17-8-10-20-3/h4-7,9,12H,8,10-11H2,1-3H3,(H,17,19). The van der Waals surface area contributed by atoms with E-state index in [4.69, 9.17) is 9.47 Å². The van der Waals surface area contributed by atoms with Crippen molar-refractivity contribution >= 4 is 16.8 Å². The molecule has 0 aliphatic rings. The number of rotatable bonds is 7. The molecule has 0 fully saturated rings. The fourth-order valence-electron chi connectivity index (χ4n) is 2.19. The van der Waals surface area contributed by atoms with Crippen LogP contribution in [0.5, 0.6) is 5.75 Å². The number of ether oxygens (including phenoxy) is 2. The van der Waals surface area contributed by atoms with Gasteiger partial charge in [0.25, 0.3) is 0 Å². The molecular formula is C16H22N2O3. The molecule has 2 aromatic rings. The number of amides is 1. The zero-order valence-corrected chi connectivity index (χ0v) is 12.8. The molecule has 0 bridgehead atoms. The molecule has 1 aromatic carbocycles. The van der Waals surface area contributed by atoms with Crippen LogP contribution in [0.4, 0.5) is 0 Å². The van der Waals surface area contributed by atoms with Crippen LogP contribution in [-0.2, 0) is 16.1 Å². The Morgan fingerprint density at radius 2 is 2.14 bits per heavy atom. The Hall–Kier alpha value is -2.01. The second-order valence-corrected chi connectivity index (χ2v) is 5.14. The van der Waals surface area contributed by atoms with E-state index in [0.29, 0.717) is 19.7 Å². The van der Waals surface area contributed by atoms with Crippen LogP contribution in [0.25, 0.3) is 10.9 Å². The van der Waals surface area contributed by atoms with Crippen LogP contribution in [0, 0.1) is 0 Å². The quantitative estimate of drug-likeness (QED) is 0.795. The van der Waals surface area contributed by atoms with Gasteiger partial charge in [0.2, 0.25) is 5.91 Å². The molecule has 1 amide bonds. The lowest BCUT2D eigenvalue weighted by atomic mass is 10.2. The number of nitrogens with zero attached hydrogens (tertiary/aromatic N) is 1. The molecule has 5 heteroatoms. The average Bonchev–Trinajstić information content (AvgIpc) is 2.83. The molecule has 0 saturated carbocycles. The van der Waals surface area contributed by atoms with E-state index in [1.165, 1.54) is 0 Å². The summed E-state index contributed by atoms with van der Waals surface area (Å²) in [5, 5.41) is 3.84. The number of fused-ring (bicyclic) bond motifs is 1. The maximum absolute atomic E-state index is 11.9. The van der Waals surface area contributed by atoms with Crippen molar-refractivity contribution in [2.75, 3.05) is 20.3 Å². The van der Waals surface area contributed by atoms with Crippen LogP contribution in [0.1, 0.15) is 13.8 Å². The van der Waals surface area contributed by atoms with E-state index in [9.17, 15) is 4.79 Å². The maximum atomic E-state index is 11.9. The van der Waals surface area contributed by atoms with E-state index < -0.39 is 0 Å². The van der Waals surface area contributed by atoms with Crippen molar-refractivity contribution in [3.05, 3.63) is 30.5 Å². The van der Waals surface area contributed by atoms with Crippen LogP contribution in [-0.4, -0.2) is 36.8 Å². The number of hydrogen-bond acceptors (Lipinski definition) is 3. The largest absolute Gasteiger partial charge is 0.490 e. The van der Waals surface area contributed by atoms with Crippen LogP contribution >= 0.6 is 0 Å². The zero-order chi connectivity index (χ0) is 15.2. The van der Waals surface area contributed by atoms with E-state index in [2.05, 4.69) is 5.32 Å². The highest BCUT2D eigenvalue weighted by atomic mass is 16.5. The van der Waals surface area contributed by atoms with Crippen molar-refractivity contribution in [3.63, 3.8) is 0 Å². The highest BCUT2D eigenvalue weighted by Gasteiger charge is 2.10. The Balaban J connectivity index is 2.13. The minimum absolute atomic E-state index is 0.0280. The Kier molecular flexibility index (Phi) is 5.22. The minimum atomic E-state index is -0.0280. The minimum Gasteiger partial charge on any atom is -0.490 e. The van der Waals surface area contributed by atoms with Gasteiger partial charge in [0.05, 0.1) is 18.2 Å². The Bertz CT molecular complexity index is 605. The molecule has 0 radical (unpaired) electrons. The van der Waals surface area contributed by atoms with Crippen molar-refractivity contribution in [1.29, 1.82) is 0 Å². The third-order valence-electron chi connectivity index (χ3n) is 3.08. The molecular weight excluding hydrogens is 268 g/mol. The number of nitrogens with one attached hydrogen (secondary N) is 1. The molecule has 114 valence electrons. The Labute approximate surface area is 124 Å². The predicted octanol–water partition coefficient (Wildman–Crippen LogP) is 2.19. The molecule has 5 nitrogen and oxygen atoms in total. The summed E-state index contributed by atoms with van der Waals surface area (Å²) in [6, 6.07) is 7.87. The molecule has 0 unspecified atom stereocenters. The lowest BCUT2D eigenvalue weighted by Gasteiger charge is -2.11. The van der Waals surface area contributed by atoms with Gasteiger partial charge in [-0.25, -0.2) is 0 Å². The van der Waals surface area contributed by atoms with E-state index in [-0.39, 0.29) is 12.0 Å². The van der Waals surface area contributed by atoms with Gasteiger partial charge in [-0.1, -0.05) is 6.07 Å². The smallest absolute Gasteiger partial charge is 0.240 e. The van der Waals surface area contributed by atoms with Crippen LogP contribution in [0.15, 0.2) is 30.5 Å². The molecule has 0 atom stereocenters. The predicted molar refractivity (Wildman–Crippen MR) is 82.6 cm³/mol. The summed E-state index contributed by atoms with van der Waals surface area (Å²) in [5.74, 6) is 0.820. The molecule has 1 aromatic heterocycles. The second kappa shape index (κ2) is 7.13. The molecule has 0 aliphatic carbocycles. The summed E-state index contributed by atoms with van der Waals surface area (Å²) in [6.07, 6.45) is 2.03. The van der Waals surface area contributed by atoms with Crippen molar-refractivity contribution < 1.29 is 14.3 Å². The van der Waals surface area contributed by atoms with Crippen LogP contribution in [0.2, 0.25) is 0 Å². The average molecular weight is 290 g/mol. The molecule has 1 N–H and O–H groups in total. The third kappa shape index (κ3) is 3.98. The van der Waals surface area contributed by atoms with Crippen molar-refractivity contribution in [3.8, 4) is 5.75 Å². The first kappa shape index (κ1) is 15.4. The van der Waals surface area contributed by atoms with E-state index >= 15 is 0 Å². The van der Waals surface area contributed by atoms with Gasteiger partial charge in [-0.15, -0.1) is 0 Å². The first-order chi connectivity index (χ1) is 10.1. The fourth-order valence-corrected chi connectivity index (χ4v) is 2.19. The summed E-state index contributed by atoms with van der Waals surface area (Å²) in [7, 11) is 1.61. The van der Waals surface area contributed by atoms with Crippen LogP contribution in [0.3, 0.4) is 0 Å². The lowest BCUT2D eigenvalue weighted by Crippen LogP contribution is -2.30. The van der Waals surface area contributed by atoms with Gasteiger partial charge in [-0.3, -0.25) is 4.79 Å². The normalized spacial score (nSPS) is 11.0. The molecule has 0 spiro atoms. The highest BCUT2D eigenvalue weighted by Crippen LogP contribution is 2.27. The van der Waals surface area contributed by atoms with Gasteiger partial charge >= 0.3 is 0 Å². The number of carbonyl (C=O) groups excluding carboxylic acids is 1. The number of aromatic nitrogens is 1. The van der Waals surface area contributed by atoms with Gasteiger partial charge in [0, 0.05) is 25.2 Å². The summed E-state index contributed by atoms with van der Waals surface area (Å²) in [6.45, 7) is 5.33. The SMILES string of the molecule is COCCNC(=O)Cn1ccc2c(OC(C)C)cccc21. The number of carbonyl (C=O) groups is 1. The van der Waals surface area contributed by atoms with E-state index in [1.807, 2.05) is 48.9 Å². The Morgan fingerprint density at radius 1 is 1.33 bits per heavy atom. The summed E-state index contributed by atoms with van der Waals surface area (Å²) in [4.78, 5) is 11.9. The molecule has 2 rings (SSSR count). The van der Waals surface area contributed by atoms with Gasteiger partial charge < -0.3 is 19.4 Å². The zero-order valence-electron chi connectivity index (χ0n) is 12.8. The van der Waals surface area contributed by atoms with Gasteiger partial charge in [-0.2, -0.15) is 0 Å². The van der Waals surface area contributed by atoms with E-state index in [0.717, 1.165) is 16.7 Å². The summed E-state index contributed by atoms with van der Waals surface area (Å²) < 4.78 is 12.6. The number of methoxy groups -OCH3 is 1. The second-order valence-electron chi connectivity index (χ2n) is 5.14. The number of benzene rings is 1. The summed E-state index contributed by atoms with van der Waals surface area (Å²) >= 11 is 0. The molecule has 0 saturated heterocycles. The first-order valence-electron chi connectivity index (χ1n) is 7.12. The topological polar surface area (TPSA) is 52.5 Å². The molecule has 1 heterocycles. The molecule has 0 aliphatic heterocycles. The number of hydrogen-bond donors (Lipinski definition) is 1. The van der Waals surface area contributed by atoms with Gasteiger partial charge in [-0.05, 0) is 32.0 Å². The lowest BCUT2D eigenvalue weighted by molar-refractivity contribution is -0.121. The van der Waals surface area contributed by atoms with Crippen molar-refractivity contribution in [2.24, 2.45) is 0 Å². The van der Waals surface area contributed by atoms with E-state index in [1.54, 1.807) is 7.11 Å². The van der Waals surface area contributed by atoms with Crippen molar-refractivity contribution in [2.45, 2.75) is 26.5 Å². The highest BCUT2D eigenvalue weighted by molar-refractivity contribution is 5.88. The third-order valence-corrected chi connectivity index (χ3v) is 3.08. The fraction of sp³-hybridized carbons (Fsp3) is 0.438. The van der Waals surface area contributed by atoms with Gasteiger partial charge in [0.1, 0.15) is 12.3 Å². The first-order valence-corrected chi connectivity index (χ1v) is 7.12. The maximum Gasteiger partial charge on any atom is 0.240 e. The van der Waals surface area contributed by atoms with Gasteiger partial charge in [0.15, 0.2) is 0 Å². The monoisotopic (exact) mass is 290 g/mol. The van der Waals surface area contributed by atoms with Crippen LogP contribution < -0.4 is 10.1 Å². The molecule has 21 heavy (non-hydrogen) atoms.